The van der Waals surface area contributed by atoms with E-state index in [1.807, 2.05) is 37.5 Å². The highest BCUT2D eigenvalue weighted by molar-refractivity contribution is 5.91. The number of ether oxygens (including phenoxy) is 1. The third kappa shape index (κ3) is 3.11. The lowest BCUT2D eigenvalue weighted by molar-refractivity contribution is 0.0944. The van der Waals surface area contributed by atoms with E-state index in [0.29, 0.717) is 5.76 Å². The summed E-state index contributed by atoms with van der Waals surface area (Å²) < 4.78 is 10.5. The summed E-state index contributed by atoms with van der Waals surface area (Å²) in [6, 6.07) is 7.30. The smallest absolute Gasteiger partial charge is 0.287 e. The standard InChI is InChI=1S/C13H15N3O3/c1-8-3-4-10(5-9(8)2)18-7-11-6-12(16-19-11)13(17)15-14/h3-6H,7,14H2,1-2H3,(H,15,17). The fourth-order valence-corrected chi connectivity index (χ4v) is 1.52. The van der Waals surface area contributed by atoms with Crippen LogP contribution in [-0.2, 0) is 6.61 Å². The van der Waals surface area contributed by atoms with Crippen LogP contribution in [0.1, 0.15) is 27.4 Å². The van der Waals surface area contributed by atoms with E-state index in [0.717, 1.165) is 11.3 Å². The number of nitrogen functional groups attached to an aromatic ring is 1. The van der Waals surface area contributed by atoms with Crippen molar-refractivity contribution in [3.8, 4) is 5.75 Å². The van der Waals surface area contributed by atoms with Gasteiger partial charge in [0.2, 0.25) is 0 Å². The Labute approximate surface area is 110 Å². The summed E-state index contributed by atoms with van der Waals surface area (Å²) in [6.45, 7) is 4.25. The van der Waals surface area contributed by atoms with E-state index >= 15 is 0 Å². The SMILES string of the molecule is Cc1ccc(OCc2cc(C(=O)NN)no2)cc1C. The molecule has 0 aliphatic heterocycles. The van der Waals surface area contributed by atoms with Gasteiger partial charge in [-0.15, -0.1) is 0 Å². The third-order valence-corrected chi connectivity index (χ3v) is 2.78. The highest BCUT2D eigenvalue weighted by atomic mass is 16.5. The summed E-state index contributed by atoms with van der Waals surface area (Å²) >= 11 is 0. The van der Waals surface area contributed by atoms with Gasteiger partial charge in [-0.2, -0.15) is 0 Å². The summed E-state index contributed by atoms with van der Waals surface area (Å²) in [5.74, 6) is 5.69. The predicted molar refractivity (Wildman–Crippen MR) is 68.4 cm³/mol. The zero-order chi connectivity index (χ0) is 13.8. The Morgan fingerprint density at radius 3 is 2.84 bits per heavy atom. The second kappa shape index (κ2) is 5.53. The van der Waals surface area contributed by atoms with Gasteiger partial charge in [0.1, 0.15) is 12.4 Å². The van der Waals surface area contributed by atoms with Crippen LogP contribution in [0.5, 0.6) is 5.75 Å². The Bertz CT molecular complexity index is 593. The number of aryl methyl sites for hydroxylation is 2. The Kier molecular flexibility index (Phi) is 3.82. The lowest BCUT2D eigenvalue weighted by Crippen LogP contribution is -2.30. The summed E-state index contributed by atoms with van der Waals surface area (Å²) in [7, 11) is 0. The van der Waals surface area contributed by atoms with Crippen LogP contribution in [0.4, 0.5) is 0 Å². The minimum absolute atomic E-state index is 0.126. The van der Waals surface area contributed by atoms with E-state index in [1.165, 1.54) is 11.6 Å². The summed E-state index contributed by atoms with van der Waals surface area (Å²) in [5, 5.41) is 3.58. The first-order valence-corrected chi connectivity index (χ1v) is 5.76. The number of amides is 1. The Hall–Kier alpha value is -2.34. The minimum atomic E-state index is -0.499. The maximum atomic E-state index is 11.2. The number of nitrogens with two attached hydrogens (primary N) is 1. The molecule has 3 N–H and O–H groups in total. The fraction of sp³-hybridized carbons (Fsp3) is 0.231. The van der Waals surface area contributed by atoms with Crippen molar-refractivity contribution in [1.82, 2.24) is 10.6 Å². The number of hydrogen-bond acceptors (Lipinski definition) is 5. The Morgan fingerprint density at radius 2 is 2.16 bits per heavy atom. The summed E-state index contributed by atoms with van der Waals surface area (Å²) in [4.78, 5) is 11.2. The molecule has 0 atom stereocenters. The van der Waals surface area contributed by atoms with Crippen molar-refractivity contribution in [2.45, 2.75) is 20.5 Å². The van der Waals surface area contributed by atoms with E-state index in [1.54, 1.807) is 0 Å². The normalized spacial score (nSPS) is 10.3. The van der Waals surface area contributed by atoms with E-state index in [-0.39, 0.29) is 12.3 Å². The molecule has 1 aromatic heterocycles. The van der Waals surface area contributed by atoms with Gasteiger partial charge in [-0.1, -0.05) is 11.2 Å². The molecule has 1 heterocycles. The van der Waals surface area contributed by atoms with Gasteiger partial charge in [0.25, 0.3) is 5.91 Å². The van der Waals surface area contributed by atoms with Crippen LogP contribution < -0.4 is 16.0 Å². The molecule has 6 nitrogen and oxygen atoms in total. The highest BCUT2D eigenvalue weighted by Crippen LogP contribution is 2.18. The molecule has 2 aromatic rings. The monoisotopic (exact) mass is 261 g/mol. The molecule has 1 aromatic carbocycles. The van der Waals surface area contributed by atoms with Gasteiger partial charge in [-0.05, 0) is 37.1 Å². The van der Waals surface area contributed by atoms with Gasteiger partial charge in [0.15, 0.2) is 11.5 Å². The van der Waals surface area contributed by atoms with Gasteiger partial charge < -0.3 is 9.26 Å². The number of hydrazine groups is 1. The average molecular weight is 261 g/mol. The van der Waals surface area contributed by atoms with Crippen molar-refractivity contribution in [2.24, 2.45) is 5.84 Å². The number of rotatable bonds is 4. The first-order valence-electron chi connectivity index (χ1n) is 5.76. The van der Waals surface area contributed by atoms with E-state index < -0.39 is 5.91 Å². The Morgan fingerprint density at radius 1 is 1.37 bits per heavy atom. The number of carbonyl (C=O) groups excluding carboxylic acids is 1. The number of nitrogens with zero attached hydrogens (tertiary/aromatic N) is 1. The van der Waals surface area contributed by atoms with Gasteiger partial charge >= 0.3 is 0 Å². The minimum Gasteiger partial charge on any atom is -0.486 e. The molecule has 6 heteroatoms. The van der Waals surface area contributed by atoms with Crippen LogP contribution in [-0.4, -0.2) is 11.1 Å². The molecule has 0 fully saturated rings. The fourth-order valence-electron chi connectivity index (χ4n) is 1.52. The molecule has 2 rings (SSSR count). The molecule has 0 spiro atoms. The van der Waals surface area contributed by atoms with Crippen LogP contribution in [0.15, 0.2) is 28.8 Å². The molecule has 0 aliphatic carbocycles. The van der Waals surface area contributed by atoms with Crippen LogP contribution in [0.3, 0.4) is 0 Å². The molecule has 0 saturated heterocycles. The first kappa shape index (κ1) is 13.1. The van der Waals surface area contributed by atoms with Crippen LogP contribution >= 0.6 is 0 Å². The van der Waals surface area contributed by atoms with Crippen LogP contribution in [0.2, 0.25) is 0 Å². The van der Waals surface area contributed by atoms with Crippen molar-refractivity contribution >= 4 is 5.91 Å². The maximum Gasteiger partial charge on any atom is 0.287 e. The largest absolute Gasteiger partial charge is 0.486 e. The van der Waals surface area contributed by atoms with Crippen molar-refractivity contribution in [3.63, 3.8) is 0 Å². The molecule has 100 valence electrons. The zero-order valence-electron chi connectivity index (χ0n) is 10.8. The topological polar surface area (TPSA) is 90.4 Å². The number of nitrogens with one attached hydrogen (secondary N) is 1. The van der Waals surface area contributed by atoms with Crippen molar-refractivity contribution in [1.29, 1.82) is 0 Å². The highest BCUT2D eigenvalue weighted by Gasteiger charge is 2.11. The molecular formula is C13H15N3O3. The van der Waals surface area contributed by atoms with Gasteiger partial charge in [-0.3, -0.25) is 10.2 Å². The Balaban J connectivity index is 2.00. The quantitative estimate of drug-likeness (QED) is 0.494. The van der Waals surface area contributed by atoms with Crippen molar-refractivity contribution < 1.29 is 14.1 Å². The van der Waals surface area contributed by atoms with Gasteiger partial charge in [0.05, 0.1) is 0 Å². The van der Waals surface area contributed by atoms with Crippen LogP contribution in [0, 0.1) is 13.8 Å². The number of hydrogen-bond donors (Lipinski definition) is 2. The second-order valence-corrected chi connectivity index (χ2v) is 4.19. The van der Waals surface area contributed by atoms with Crippen molar-refractivity contribution in [2.75, 3.05) is 0 Å². The van der Waals surface area contributed by atoms with Crippen molar-refractivity contribution in [3.05, 3.63) is 46.8 Å². The maximum absolute atomic E-state index is 11.2. The van der Waals surface area contributed by atoms with Gasteiger partial charge in [0, 0.05) is 6.07 Å². The van der Waals surface area contributed by atoms with E-state index in [2.05, 4.69) is 5.16 Å². The molecule has 0 bridgehead atoms. The summed E-state index contributed by atoms with van der Waals surface area (Å²) in [6.07, 6.45) is 0. The molecule has 0 radical (unpaired) electrons. The third-order valence-electron chi connectivity index (χ3n) is 2.78. The summed E-state index contributed by atoms with van der Waals surface area (Å²) in [5.41, 5.74) is 4.46. The lowest BCUT2D eigenvalue weighted by Gasteiger charge is -2.06. The number of aromatic nitrogens is 1. The molecule has 0 unspecified atom stereocenters. The zero-order valence-corrected chi connectivity index (χ0v) is 10.8. The molecule has 0 aliphatic rings. The predicted octanol–water partition coefficient (Wildman–Crippen LogP) is 1.47. The van der Waals surface area contributed by atoms with E-state index in [9.17, 15) is 4.79 Å². The molecule has 1 amide bonds. The lowest BCUT2D eigenvalue weighted by atomic mass is 10.1. The first-order chi connectivity index (χ1) is 9.10. The molecule has 19 heavy (non-hydrogen) atoms. The molecular weight excluding hydrogens is 246 g/mol. The van der Waals surface area contributed by atoms with Crippen LogP contribution in [0.25, 0.3) is 0 Å². The van der Waals surface area contributed by atoms with Gasteiger partial charge in [-0.25, -0.2) is 5.84 Å². The average Bonchev–Trinajstić information content (AvgIpc) is 2.88. The van der Waals surface area contributed by atoms with E-state index in [4.69, 9.17) is 15.1 Å². The number of benzene rings is 1. The second-order valence-electron chi connectivity index (χ2n) is 4.19. The number of carbonyl (C=O) groups is 1. The molecule has 0 saturated carbocycles.